The predicted molar refractivity (Wildman–Crippen MR) is 58.8 cm³/mol. The molecule has 0 radical (unpaired) electrons. The molecular weight excluding hydrogens is 174 g/mol. The first kappa shape index (κ1) is 10.8. The van der Waals surface area contributed by atoms with Crippen molar-refractivity contribution >= 4 is 5.90 Å². The van der Waals surface area contributed by atoms with E-state index in [0.717, 1.165) is 12.0 Å². The molecule has 1 aromatic carbocycles. The summed E-state index contributed by atoms with van der Waals surface area (Å²) in [7, 11) is 1.52. The quantitative estimate of drug-likeness (QED) is 0.578. The van der Waals surface area contributed by atoms with Crippen molar-refractivity contribution in [2.24, 2.45) is 5.92 Å². The summed E-state index contributed by atoms with van der Waals surface area (Å²) >= 11 is 0. The molecular formula is C12H17NO. The number of methoxy groups -OCH3 is 1. The highest BCUT2D eigenvalue weighted by Crippen LogP contribution is 2.10. The van der Waals surface area contributed by atoms with Crippen LogP contribution < -0.4 is 0 Å². The lowest BCUT2D eigenvalue weighted by atomic mass is 10.0. The van der Waals surface area contributed by atoms with E-state index < -0.39 is 0 Å². The van der Waals surface area contributed by atoms with Gasteiger partial charge in [0.1, 0.15) is 0 Å². The zero-order valence-electron chi connectivity index (χ0n) is 9.00. The highest BCUT2D eigenvalue weighted by Gasteiger charge is 2.01. The van der Waals surface area contributed by atoms with Gasteiger partial charge in [-0.3, -0.25) is 5.41 Å². The Morgan fingerprint density at radius 1 is 1.29 bits per heavy atom. The van der Waals surface area contributed by atoms with Gasteiger partial charge in [0.2, 0.25) is 5.90 Å². The predicted octanol–water partition coefficient (Wildman–Crippen LogP) is 2.86. The second-order valence-electron chi connectivity index (χ2n) is 3.83. The Balaban J connectivity index is 2.73. The lowest BCUT2D eigenvalue weighted by Gasteiger charge is -2.06. The first-order valence-electron chi connectivity index (χ1n) is 4.85. The standard InChI is InChI=1S/C12H17NO/c1-9(2)8-10-4-6-11(7-5-10)12(13)14-3/h4-7,9,13H,8H2,1-3H3. The average molecular weight is 191 g/mol. The maximum Gasteiger partial charge on any atom is 0.212 e. The van der Waals surface area contributed by atoms with E-state index >= 15 is 0 Å². The number of ether oxygens (including phenoxy) is 1. The molecule has 0 saturated heterocycles. The Labute approximate surface area is 85.4 Å². The molecule has 0 bridgehead atoms. The van der Waals surface area contributed by atoms with Gasteiger partial charge in [0.05, 0.1) is 7.11 Å². The van der Waals surface area contributed by atoms with Crippen LogP contribution in [0.5, 0.6) is 0 Å². The van der Waals surface area contributed by atoms with Crippen LogP contribution in [0.3, 0.4) is 0 Å². The van der Waals surface area contributed by atoms with Gasteiger partial charge in [-0.25, -0.2) is 0 Å². The highest BCUT2D eigenvalue weighted by molar-refractivity contribution is 5.91. The summed E-state index contributed by atoms with van der Waals surface area (Å²) in [5.41, 5.74) is 2.15. The van der Waals surface area contributed by atoms with Gasteiger partial charge in [-0.05, 0) is 30.0 Å². The van der Waals surface area contributed by atoms with Crippen molar-refractivity contribution in [3.8, 4) is 0 Å². The minimum absolute atomic E-state index is 0.223. The SMILES string of the molecule is COC(=N)c1ccc(CC(C)C)cc1. The first-order chi connectivity index (χ1) is 6.63. The molecule has 0 fully saturated rings. The maximum absolute atomic E-state index is 7.47. The lowest BCUT2D eigenvalue weighted by Crippen LogP contribution is -2.01. The fourth-order valence-electron chi connectivity index (χ4n) is 1.38. The van der Waals surface area contributed by atoms with Crippen LogP contribution in [0.15, 0.2) is 24.3 Å². The van der Waals surface area contributed by atoms with Gasteiger partial charge >= 0.3 is 0 Å². The van der Waals surface area contributed by atoms with Crippen LogP contribution in [0, 0.1) is 11.3 Å². The Morgan fingerprint density at radius 2 is 1.86 bits per heavy atom. The first-order valence-corrected chi connectivity index (χ1v) is 4.85. The molecule has 0 unspecified atom stereocenters. The van der Waals surface area contributed by atoms with Gasteiger partial charge in [0.15, 0.2) is 0 Å². The molecule has 0 heterocycles. The topological polar surface area (TPSA) is 33.1 Å². The fourth-order valence-corrected chi connectivity index (χ4v) is 1.38. The summed E-state index contributed by atoms with van der Waals surface area (Å²) < 4.78 is 4.84. The van der Waals surface area contributed by atoms with Crippen molar-refractivity contribution in [3.63, 3.8) is 0 Å². The number of benzene rings is 1. The summed E-state index contributed by atoms with van der Waals surface area (Å²) in [5.74, 6) is 0.892. The molecule has 1 rings (SSSR count). The smallest absolute Gasteiger partial charge is 0.212 e. The molecule has 0 atom stereocenters. The average Bonchev–Trinajstić information content (AvgIpc) is 2.17. The molecule has 2 heteroatoms. The summed E-state index contributed by atoms with van der Waals surface area (Å²) in [6.45, 7) is 4.40. The number of hydrogen-bond acceptors (Lipinski definition) is 2. The van der Waals surface area contributed by atoms with E-state index in [1.807, 2.05) is 12.1 Å². The second-order valence-corrected chi connectivity index (χ2v) is 3.83. The van der Waals surface area contributed by atoms with E-state index in [2.05, 4.69) is 26.0 Å². The minimum atomic E-state index is 0.223. The maximum atomic E-state index is 7.47. The number of nitrogens with one attached hydrogen (secondary N) is 1. The molecule has 0 saturated carbocycles. The van der Waals surface area contributed by atoms with Crippen LogP contribution in [0.4, 0.5) is 0 Å². The molecule has 0 aliphatic carbocycles. The van der Waals surface area contributed by atoms with Crippen molar-refractivity contribution in [1.29, 1.82) is 5.41 Å². The van der Waals surface area contributed by atoms with Crippen LogP contribution in [0.1, 0.15) is 25.0 Å². The third-order valence-corrected chi connectivity index (χ3v) is 2.06. The Bertz CT molecular complexity index is 301. The second kappa shape index (κ2) is 4.80. The van der Waals surface area contributed by atoms with E-state index in [1.54, 1.807) is 0 Å². The molecule has 0 aromatic heterocycles. The zero-order chi connectivity index (χ0) is 10.6. The third kappa shape index (κ3) is 2.87. The van der Waals surface area contributed by atoms with Gasteiger partial charge in [0.25, 0.3) is 0 Å². The molecule has 14 heavy (non-hydrogen) atoms. The fraction of sp³-hybridized carbons (Fsp3) is 0.417. The highest BCUT2D eigenvalue weighted by atomic mass is 16.5. The van der Waals surface area contributed by atoms with E-state index in [9.17, 15) is 0 Å². The molecule has 0 spiro atoms. The van der Waals surface area contributed by atoms with Crippen LogP contribution in [-0.2, 0) is 11.2 Å². The molecule has 0 amide bonds. The molecule has 76 valence electrons. The van der Waals surface area contributed by atoms with Crippen molar-refractivity contribution in [2.75, 3.05) is 7.11 Å². The van der Waals surface area contributed by atoms with Gasteiger partial charge in [-0.1, -0.05) is 26.0 Å². The van der Waals surface area contributed by atoms with E-state index in [1.165, 1.54) is 12.7 Å². The van der Waals surface area contributed by atoms with E-state index in [4.69, 9.17) is 10.1 Å². The summed E-state index contributed by atoms with van der Waals surface area (Å²) in [6.07, 6.45) is 1.08. The van der Waals surface area contributed by atoms with Crippen molar-refractivity contribution in [1.82, 2.24) is 0 Å². The van der Waals surface area contributed by atoms with Gasteiger partial charge in [-0.2, -0.15) is 0 Å². The van der Waals surface area contributed by atoms with E-state index in [-0.39, 0.29) is 5.90 Å². The van der Waals surface area contributed by atoms with Crippen LogP contribution >= 0.6 is 0 Å². The van der Waals surface area contributed by atoms with E-state index in [0.29, 0.717) is 5.92 Å². The summed E-state index contributed by atoms with van der Waals surface area (Å²) in [5, 5.41) is 7.47. The van der Waals surface area contributed by atoms with Crippen LogP contribution in [0.2, 0.25) is 0 Å². The molecule has 1 aromatic rings. The summed E-state index contributed by atoms with van der Waals surface area (Å²) in [6, 6.07) is 7.98. The summed E-state index contributed by atoms with van der Waals surface area (Å²) in [4.78, 5) is 0. The third-order valence-electron chi connectivity index (χ3n) is 2.06. The number of hydrogen-bond donors (Lipinski definition) is 1. The van der Waals surface area contributed by atoms with Gasteiger partial charge in [0, 0.05) is 5.56 Å². The lowest BCUT2D eigenvalue weighted by molar-refractivity contribution is 0.401. The van der Waals surface area contributed by atoms with Crippen LogP contribution in [0.25, 0.3) is 0 Å². The number of rotatable bonds is 3. The molecule has 0 aliphatic rings. The monoisotopic (exact) mass is 191 g/mol. The molecule has 2 nitrogen and oxygen atoms in total. The molecule has 1 N–H and O–H groups in total. The van der Waals surface area contributed by atoms with Gasteiger partial charge in [-0.15, -0.1) is 0 Å². The Morgan fingerprint density at radius 3 is 2.29 bits per heavy atom. The van der Waals surface area contributed by atoms with Gasteiger partial charge < -0.3 is 4.74 Å². The van der Waals surface area contributed by atoms with Crippen molar-refractivity contribution in [3.05, 3.63) is 35.4 Å². The van der Waals surface area contributed by atoms with Crippen molar-refractivity contribution < 1.29 is 4.74 Å². The Kier molecular flexibility index (Phi) is 3.69. The molecule has 0 aliphatic heterocycles. The zero-order valence-corrected chi connectivity index (χ0v) is 9.00. The largest absolute Gasteiger partial charge is 0.481 e. The Hall–Kier alpha value is -1.31. The van der Waals surface area contributed by atoms with Crippen molar-refractivity contribution in [2.45, 2.75) is 20.3 Å². The minimum Gasteiger partial charge on any atom is -0.481 e. The normalized spacial score (nSPS) is 10.3. The van der Waals surface area contributed by atoms with Crippen LogP contribution in [-0.4, -0.2) is 13.0 Å².